The molecule has 2 aromatic carbocycles. The quantitative estimate of drug-likeness (QED) is 0.861. The monoisotopic (exact) mass is 317 g/mol. The fourth-order valence-corrected chi connectivity index (χ4v) is 1.85. The van der Waals surface area contributed by atoms with Crippen LogP contribution in [0.15, 0.2) is 48.5 Å². The number of carbonyl (C=O) groups is 2. The summed E-state index contributed by atoms with van der Waals surface area (Å²) in [6.45, 7) is 1.45. The summed E-state index contributed by atoms with van der Waals surface area (Å²) >= 11 is 0. The Bertz CT molecular complexity index is 700. The van der Waals surface area contributed by atoms with Gasteiger partial charge in [-0.1, -0.05) is 12.1 Å². The highest BCUT2D eigenvalue weighted by Crippen LogP contribution is 2.23. The molecule has 2 rings (SSSR count). The van der Waals surface area contributed by atoms with Crippen molar-refractivity contribution in [3.8, 4) is 5.75 Å². The van der Waals surface area contributed by atoms with E-state index in [2.05, 4.69) is 5.32 Å². The molecule has 2 aromatic rings. The minimum absolute atomic E-state index is 0.170. The molecule has 0 fully saturated rings. The number of amides is 1. The van der Waals surface area contributed by atoms with Crippen molar-refractivity contribution in [1.29, 1.82) is 0 Å². The van der Waals surface area contributed by atoms with E-state index in [1.165, 1.54) is 26.2 Å². The predicted molar refractivity (Wildman–Crippen MR) is 82.9 cm³/mol. The lowest BCUT2D eigenvalue weighted by Gasteiger charge is -2.15. The third-order valence-corrected chi connectivity index (χ3v) is 3.10. The molecule has 0 aromatic heterocycles. The second kappa shape index (κ2) is 7.40. The number of esters is 1. The third-order valence-electron chi connectivity index (χ3n) is 3.10. The highest BCUT2D eigenvalue weighted by atomic mass is 19.1. The van der Waals surface area contributed by atoms with Gasteiger partial charge in [-0.3, -0.25) is 4.79 Å². The standard InChI is InChI=1S/C17H16FNO4/c1-11(23-17(21)12-7-9-13(18)10-8-12)16(20)19-14-5-3-4-6-15(14)22-2/h3-11H,1-2H3,(H,19,20)/t11-/m0/s1. The summed E-state index contributed by atoms with van der Waals surface area (Å²) in [7, 11) is 1.49. The van der Waals surface area contributed by atoms with Crippen molar-refractivity contribution < 1.29 is 23.5 Å². The average Bonchev–Trinajstić information content (AvgIpc) is 2.55. The lowest BCUT2D eigenvalue weighted by Crippen LogP contribution is -2.30. The third kappa shape index (κ3) is 4.29. The molecule has 5 nitrogen and oxygen atoms in total. The van der Waals surface area contributed by atoms with Crippen LogP contribution in [-0.4, -0.2) is 25.1 Å². The summed E-state index contributed by atoms with van der Waals surface area (Å²) in [6.07, 6.45) is -1.02. The largest absolute Gasteiger partial charge is 0.495 e. The van der Waals surface area contributed by atoms with Crippen molar-refractivity contribution in [2.24, 2.45) is 0 Å². The maximum absolute atomic E-state index is 12.8. The fourth-order valence-electron chi connectivity index (χ4n) is 1.85. The van der Waals surface area contributed by atoms with E-state index in [0.29, 0.717) is 11.4 Å². The van der Waals surface area contributed by atoms with Crippen LogP contribution < -0.4 is 10.1 Å². The van der Waals surface area contributed by atoms with Gasteiger partial charge in [0.05, 0.1) is 18.4 Å². The molecule has 0 bridgehead atoms. The molecule has 0 aliphatic carbocycles. The van der Waals surface area contributed by atoms with Gasteiger partial charge in [-0.25, -0.2) is 9.18 Å². The molecule has 6 heteroatoms. The Labute approximate surface area is 133 Å². The number of carbonyl (C=O) groups excluding carboxylic acids is 2. The van der Waals surface area contributed by atoms with Gasteiger partial charge in [0.25, 0.3) is 5.91 Å². The van der Waals surface area contributed by atoms with Gasteiger partial charge in [-0.15, -0.1) is 0 Å². The summed E-state index contributed by atoms with van der Waals surface area (Å²) < 4.78 is 23.0. The Morgan fingerprint density at radius 1 is 1.09 bits per heavy atom. The van der Waals surface area contributed by atoms with Crippen LogP contribution in [0.3, 0.4) is 0 Å². The first-order chi connectivity index (χ1) is 11.0. The van der Waals surface area contributed by atoms with Gasteiger partial charge in [-0.05, 0) is 43.3 Å². The van der Waals surface area contributed by atoms with E-state index < -0.39 is 23.8 Å². The zero-order valence-electron chi connectivity index (χ0n) is 12.7. The smallest absolute Gasteiger partial charge is 0.338 e. The highest BCUT2D eigenvalue weighted by molar-refractivity contribution is 5.98. The maximum Gasteiger partial charge on any atom is 0.338 e. The predicted octanol–water partition coefficient (Wildman–Crippen LogP) is 3.02. The molecule has 1 atom stereocenters. The van der Waals surface area contributed by atoms with E-state index in [0.717, 1.165) is 12.1 Å². The number of rotatable bonds is 5. The molecule has 0 spiro atoms. The summed E-state index contributed by atoms with van der Waals surface area (Å²) in [5, 5.41) is 2.63. The van der Waals surface area contributed by atoms with Gasteiger partial charge in [-0.2, -0.15) is 0 Å². The Hall–Kier alpha value is -2.89. The van der Waals surface area contributed by atoms with E-state index in [1.807, 2.05) is 0 Å². The molecule has 1 amide bonds. The Balaban J connectivity index is 1.99. The van der Waals surface area contributed by atoms with Crippen molar-refractivity contribution in [2.45, 2.75) is 13.0 Å². The molecule has 1 N–H and O–H groups in total. The van der Waals surface area contributed by atoms with Gasteiger partial charge in [0.1, 0.15) is 11.6 Å². The van der Waals surface area contributed by atoms with Crippen LogP contribution in [0, 0.1) is 5.82 Å². The first kappa shape index (κ1) is 16.5. The molecule has 0 unspecified atom stereocenters. The van der Waals surface area contributed by atoms with E-state index in [9.17, 15) is 14.0 Å². The minimum Gasteiger partial charge on any atom is -0.495 e. The Morgan fingerprint density at radius 2 is 1.74 bits per heavy atom. The Kier molecular flexibility index (Phi) is 5.30. The van der Waals surface area contributed by atoms with Crippen LogP contribution in [0.25, 0.3) is 0 Å². The zero-order valence-corrected chi connectivity index (χ0v) is 12.7. The van der Waals surface area contributed by atoms with E-state index >= 15 is 0 Å². The summed E-state index contributed by atoms with van der Waals surface area (Å²) in [5.41, 5.74) is 0.646. The van der Waals surface area contributed by atoms with Crippen molar-refractivity contribution >= 4 is 17.6 Å². The molecule has 0 aliphatic heterocycles. The number of para-hydroxylation sites is 2. The van der Waals surface area contributed by atoms with Crippen LogP contribution in [0.5, 0.6) is 5.75 Å². The molecule has 0 saturated heterocycles. The van der Waals surface area contributed by atoms with Crippen LogP contribution in [0.4, 0.5) is 10.1 Å². The topological polar surface area (TPSA) is 64.6 Å². The SMILES string of the molecule is COc1ccccc1NC(=O)[C@H](C)OC(=O)c1ccc(F)cc1. The van der Waals surface area contributed by atoms with Crippen LogP contribution >= 0.6 is 0 Å². The molecule has 120 valence electrons. The van der Waals surface area contributed by atoms with Crippen LogP contribution in [0.2, 0.25) is 0 Å². The van der Waals surface area contributed by atoms with Crippen molar-refractivity contribution in [1.82, 2.24) is 0 Å². The van der Waals surface area contributed by atoms with E-state index in [-0.39, 0.29) is 5.56 Å². The summed E-state index contributed by atoms with van der Waals surface area (Å²) in [4.78, 5) is 24.0. The molecule has 0 radical (unpaired) electrons. The summed E-state index contributed by atoms with van der Waals surface area (Å²) in [6, 6.07) is 11.8. The van der Waals surface area contributed by atoms with E-state index in [4.69, 9.17) is 9.47 Å². The van der Waals surface area contributed by atoms with Gasteiger partial charge < -0.3 is 14.8 Å². The number of nitrogens with one attached hydrogen (secondary N) is 1. The number of anilines is 1. The highest BCUT2D eigenvalue weighted by Gasteiger charge is 2.20. The average molecular weight is 317 g/mol. The number of methoxy groups -OCH3 is 1. The second-order valence-corrected chi connectivity index (χ2v) is 4.74. The first-order valence-electron chi connectivity index (χ1n) is 6.91. The molecular formula is C17H16FNO4. The molecule has 23 heavy (non-hydrogen) atoms. The number of benzene rings is 2. The first-order valence-corrected chi connectivity index (χ1v) is 6.91. The molecule has 0 saturated carbocycles. The van der Waals surface area contributed by atoms with Crippen molar-refractivity contribution in [3.63, 3.8) is 0 Å². The lowest BCUT2D eigenvalue weighted by atomic mass is 10.2. The van der Waals surface area contributed by atoms with Gasteiger partial charge in [0, 0.05) is 0 Å². The van der Waals surface area contributed by atoms with Crippen LogP contribution in [-0.2, 0) is 9.53 Å². The maximum atomic E-state index is 12.8. The van der Waals surface area contributed by atoms with Gasteiger partial charge in [0.2, 0.25) is 0 Å². The number of halogens is 1. The molecular weight excluding hydrogens is 301 g/mol. The van der Waals surface area contributed by atoms with Crippen LogP contribution in [0.1, 0.15) is 17.3 Å². The summed E-state index contributed by atoms with van der Waals surface area (Å²) in [5.74, 6) is -1.15. The lowest BCUT2D eigenvalue weighted by molar-refractivity contribution is -0.123. The van der Waals surface area contributed by atoms with Gasteiger partial charge >= 0.3 is 5.97 Å². The van der Waals surface area contributed by atoms with E-state index in [1.54, 1.807) is 24.3 Å². The zero-order chi connectivity index (χ0) is 16.8. The normalized spacial score (nSPS) is 11.4. The second-order valence-electron chi connectivity index (χ2n) is 4.74. The number of hydrogen-bond acceptors (Lipinski definition) is 4. The Morgan fingerprint density at radius 3 is 2.39 bits per heavy atom. The molecule has 0 aliphatic rings. The van der Waals surface area contributed by atoms with Crippen molar-refractivity contribution in [3.05, 3.63) is 59.9 Å². The van der Waals surface area contributed by atoms with Gasteiger partial charge in [0.15, 0.2) is 6.10 Å². The molecule has 0 heterocycles. The minimum atomic E-state index is -1.02. The number of hydrogen-bond donors (Lipinski definition) is 1. The fraction of sp³-hybridized carbons (Fsp3) is 0.176. The number of ether oxygens (including phenoxy) is 2. The van der Waals surface area contributed by atoms with Crippen molar-refractivity contribution in [2.75, 3.05) is 12.4 Å².